The van der Waals surface area contributed by atoms with Gasteiger partial charge < -0.3 is 5.11 Å². The number of nitrogens with zero attached hydrogens (tertiary/aromatic N) is 1. The minimum Gasteiger partial charge on any atom is -0.478 e. The SMILES string of the molecule is O=C(O)c1cncc(-c2ccccc2)c1Cl. The van der Waals surface area contributed by atoms with Gasteiger partial charge in [0.15, 0.2) is 0 Å². The van der Waals surface area contributed by atoms with Gasteiger partial charge in [-0.25, -0.2) is 4.79 Å². The summed E-state index contributed by atoms with van der Waals surface area (Å²) in [6.45, 7) is 0. The van der Waals surface area contributed by atoms with Crippen molar-refractivity contribution in [2.75, 3.05) is 0 Å². The summed E-state index contributed by atoms with van der Waals surface area (Å²) in [5, 5.41) is 9.13. The van der Waals surface area contributed by atoms with Crippen molar-refractivity contribution >= 4 is 17.6 Å². The molecule has 0 aliphatic heterocycles. The third kappa shape index (κ3) is 1.90. The largest absolute Gasteiger partial charge is 0.478 e. The molecule has 0 saturated heterocycles. The van der Waals surface area contributed by atoms with Crippen LogP contribution in [0.1, 0.15) is 10.4 Å². The highest BCUT2D eigenvalue weighted by Crippen LogP contribution is 2.29. The fraction of sp³-hybridized carbons (Fsp3) is 0. The molecule has 2 rings (SSSR count). The lowest BCUT2D eigenvalue weighted by atomic mass is 10.1. The smallest absolute Gasteiger partial charge is 0.338 e. The lowest BCUT2D eigenvalue weighted by molar-refractivity contribution is 0.0696. The third-order valence-electron chi connectivity index (χ3n) is 2.20. The molecule has 0 spiro atoms. The number of aromatic carboxylic acids is 1. The minimum atomic E-state index is -1.07. The van der Waals surface area contributed by atoms with Gasteiger partial charge in [-0.15, -0.1) is 0 Å². The number of hydrogen-bond acceptors (Lipinski definition) is 2. The van der Waals surface area contributed by atoms with Crippen molar-refractivity contribution in [2.45, 2.75) is 0 Å². The minimum absolute atomic E-state index is 0.0167. The summed E-state index contributed by atoms with van der Waals surface area (Å²) in [6, 6.07) is 9.31. The van der Waals surface area contributed by atoms with Crippen LogP contribution >= 0.6 is 11.6 Å². The van der Waals surface area contributed by atoms with Crippen LogP contribution < -0.4 is 0 Å². The van der Waals surface area contributed by atoms with Gasteiger partial charge in [0.2, 0.25) is 0 Å². The predicted octanol–water partition coefficient (Wildman–Crippen LogP) is 3.10. The molecule has 4 heteroatoms. The number of carboxylic acid groups (broad SMARTS) is 1. The van der Waals surface area contributed by atoms with E-state index in [2.05, 4.69) is 4.98 Å². The topological polar surface area (TPSA) is 50.2 Å². The van der Waals surface area contributed by atoms with E-state index in [1.807, 2.05) is 30.3 Å². The maximum Gasteiger partial charge on any atom is 0.338 e. The first-order valence-corrected chi connectivity index (χ1v) is 5.00. The highest BCUT2D eigenvalue weighted by Gasteiger charge is 2.13. The van der Waals surface area contributed by atoms with Gasteiger partial charge in [-0.3, -0.25) is 4.98 Å². The molecule has 1 N–H and O–H groups in total. The molecular weight excluding hydrogens is 226 g/mol. The fourth-order valence-corrected chi connectivity index (χ4v) is 1.70. The van der Waals surface area contributed by atoms with Crippen molar-refractivity contribution in [3.8, 4) is 11.1 Å². The second-order valence-electron chi connectivity index (χ2n) is 3.22. The number of hydrogen-bond donors (Lipinski definition) is 1. The molecule has 2 aromatic rings. The Labute approximate surface area is 97.3 Å². The zero-order valence-corrected chi connectivity index (χ0v) is 8.98. The van der Waals surface area contributed by atoms with Crippen LogP contribution in [0.25, 0.3) is 11.1 Å². The Morgan fingerprint density at radius 2 is 1.88 bits per heavy atom. The van der Waals surface area contributed by atoms with Crippen molar-refractivity contribution in [3.05, 3.63) is 53.3 Å². The number of carbonyl (C=O) groups is 1. The maximum atomic E-state index is 10.9. The standard InChI is InChI=1S/C12H8ClNO2/c13-11-9(8-4-2-1-3-5-8)6-14-7-10(11)12(15)16/h1-7H,(H,15,16). The first kappa shape index (κ1) is 10.6. The maximum absolute atomic E-state index is 10.9. The number of carboxylic acids is 1. The molecular formula is C12H8ClNO2. The van der Waals surface area contributed by atoms with Crippen molar-refractivity contribution in [3.63, 3.8) is 0 Å². The summed E-state index contributed by atoms with van der Waals surface area (Å²) in [7, 11) is 0. The van der Waals surface area contributed by atoms with Gasteiger partial charge in [-0.05, 0) is 5.56 Å². The van der Waals surface area contributed by atoms with Gasteiger partial charge in [0, 0.05) is 18.0 Å². The summed E-state index contributed by atoms with van der Waals surface area (Å²) in [4.78, 5) is 14.8. The number of rotatable bonds is 2. The molecule has 0 radical (unpaired) electrons. The van der Waals surface area contributed by atoms with Gasteiger partial charge >= 0.3 is 5.97 Å². The zero-order valence-electron chi connectivity index (χ0n) is 8.22. The molecule has 0 bridgehead atoms. The summed E-state index contributed by atoms with van der Waals surface area (Å²) in [5.41, 5.74) is 1.49. The normalized spacial score (nSPS) is 10.1. The van der Waals surface area contributed by atoms with E-state index in [0.717, 1.165) is 5.56 Å². The summed E-state index contributed by atoms with van der Waals surface area (Å²) in [6.07, 6.45) is 2.81. The Hall–Kier alpha value is -1.87. The van der Waals surface area contributed by atoms with Crippen molar-refractivity contribution in [2.24, 2.45) is 0 Å². The van der Waals surface area contributed by atoms with Gasteiger partial charge in [-0.2, -0.15) is 0 Å². The predicted molar refractivity (Wildman–Crippen MR) is 61.6 cm³/mol. The van der Waals surface area contributed by atoms with E-state index >= 15 is 0 Å². The molecule has 1 heterocycles. The van der Waals surface area contributed by atoms with Crippen LogP contribution in [0.5, 0.6) is 0 Å². The summed E-state index contributed by atoms with van der Waals surface area (Å²) in [5.74, 6) is -1.07. The number of pyridine rings is 1. The van der Waals surface area contributed by atoms with Crippen LogP contribution in [-0.2, 0) is 0 Å². The van der Waals surface area contributed by atoms with Gasteiger partial charge in [0.05, 0.1) is 10.6 Å². The van der Waals surface area contributed by atoms with Crippen LogP contribution in [-0.4, -0.2) is 16.1 Å². The zero-order chi connectivity index (χ0) is 11.5. The van der Waals surface area contributed by atoms with E-state index in [4.69, 9.17) is 16.7 Å². The Balaban J connectivity index is 2.59. The molecule has 0 unspecified atom stereocenters. The fourth-order valence-electron chi connectivity index (χ4n) is 1.41. The average molecular weight is 234 g/mol. The highest BCUT2D eigenvalue weighted by atomic mass is 35.5. The number of benzene rings is 1. The lowest BCUT2D eigenvalue weighted by Crippen LogP contribution is -1.99. The van der Waals surface area contributed by atoms with Crippen LogP contribution in [0.15, 0.2) is 42.7 Å². The van der Waals surface area contributed by atoms with E-state index in [-0.39, 0.29) is 10.6 Å². The molecule has 0 saturated carbocycles. The number of aromatic nitrogens is 1. The average Bonchev–Trinajstić information content (AvgIpc) is 2.30. The van der Waals surface area contributed by atoms with Crippen molar-refractivity contribution in [1.82, 2.24) is 4.98 Å². The van der Waals surface area contributed by atoms with E-state index in [1.165, 1.54) is 6.20 Å². The summed E-state index contributed by atoms with van der Waals surface area (Å²) >= 11 is 6.02. The van der Waals surface area contributed by atoms with Crippen molar-refractivity contribution < 1.29 is 9.90 Å². The van der Waals surface area contributed by atoms with E-state index in [9.17, 15) is 4.79 Å². The number of halogens is 1. The quantitative estimate of drug-likeness (QED) is 0.867. The lowest BCUT2D eigenvalue weighted by Gasteiger charge is -2.05. The van der Waals surface area contributed by atoms with E-state index in [0.29, 0.717) is 5.56 Å². The molecule has 80 valence electrons. The second kappa shape index (κ2) is 4.33. The molecule has 1 aromatic heterocycles. The first-order valence-electron chi connectivity index (χ1n) is 4.62. The third-order valence-corrected chi connectivity index (χ3v) is 2.60. The van der Waals surface area contributed by atoms with Crippen LogP contribution in [0.2, 0.25) is 5.02 Å². The molecule has 0 aliphatic carbocycles. The van der Waals surface area contributed by atoms with Gasteiger partial charge in [0.25, 0.3) is 0 Å². The van der Waals surface area contributed by atoms with Crippen LogP contribution in [0.4, 0.5) is 0 Å². The van der Waals surface area contributed by atoms with Gasteiger partial charge in [-0.1, -0.05) is 41.9 Å². The molecule has 16 heavy (non-hydrogen) atoms. The molecule has 0 aliphatic rings. The monoisotopic (exact) mass is 233 g/mol. The Kier molecular flexibility index (Phi) is 2.88. The summed E-state index contributed by atoms with van der Waals surface area (Å²) < 4.78 is 0. The van der Waals surface area contributed by atoms with Crippen LogP contribution in [0, 0.1) is 0 Å². The Morgan fingerprint density at radius 3 is 2.50 bits per heavy atom. The van der Waals surface area contributed by atoms with Crippen LogP contribution in [0.3, 0.4) is 0 Å². The molecule has 0 fully saturated rings. The van der Waals surface area contributed by atoms with E-state index in [1.54, 1.807) is 6.20 Å². The van der Waals surface area contributed by atoms with Gasteiger partial charge in [0.1, 0.15) is 0 Å². The molecule has 3 nitrogen and oxygen atoms in total. The highest BCUT2D eigenvalue weighted by molar-refractivity contribution is 6.36. The Morgan fingerprint density at radius 1 is 1.19 bits per heavy atom. The van der Waals surface area contributed by atoms with Crippen molar-refractivity contribution in [1.29, 1.82) is 0 Å². The Bertz CT molecular complexity index is 526. The second-order valence-corrected chi connectivity index (χ2v) is 3.60. The molecule has 0 amide bonds. The first-order chi connectivity index (χ1) is 7.70. The molecule has 0 atom stereocenters. The van der Waals surface area contributed by atoms with E-state index < -0.39 is 5.97 Å². The molecule has 1 aromatic carbocycles.